The van der Waals surface area contributed by atoms with Crippen LogP contribution < -0.4 is 15.8 Å². The number of ether oxygens (including phenoxy) is 1. The van der Waals surface area contributed by atoms with Crippen molar-refractivity contribution in [3.8, 4) is 5.88 Å². The highest BCUT2D eigenvalue weighted by molar-refractivity contribution is 5.27. The van der Waals surface area contributed by atoms with Gasteiger partial charge >= 0.3 is 0 Å². The molecule has 5 nitrogen and oxygen atoms in total. The van der Waals surface area contributed by atoms with Gasteiger partial charge in [-0.25, -0.2) is 4.98 Å². The van der Waals surface area contributed by atoms with Gasteiger partial charge in [-0.1, -0.05) is 13.8 Å². The minimum atomic E-state index is 0.0327. The molecule has 0 aromatic carbocycles. The Hall–Kier alpha value is -1.36. The second kappa shape index (κ2) is 5.65. The van der Waals surface area contributed by atoms with Crippen molar-refractivity contribution < 1.29 is 4.74 Å². The highest BCUT2D eigenvalue weighted by atomic mass is 16.5. The van der Waals surface area contributed by atoms with E-state index in [1.54, 1.807) is 12.3 Å². The molecule has 0 spiro atoms. The molecule has 0 atom stereocenters. The van der Waals surface area contributed by atoms with Gasteiger partial charge in [0.15, 0.2) is 0 Å². The van der Waals surface area contributed by atoms with Gasteiger partial charge in [-0.05, 0) is 18.9 Å². The van der Waals surface area contributed by atoms with Gasteiger partial charge in [-0.3, -0.25) is 0 Å². The van der Waals surface area contributed by atoms with Crippen LogP contribution in [0.3, 0.4) is 0 Å². The van der Waals surface area contributed by atoms with Crippen LogP contribution in [0, 0.1) is 5.41 Å². The van der Waals surface area contributed by atoms with Crippen molar-refractivity contribution in [1.29, 1.82) is 0 Å². The van der Waals surface area contributed by atoms with Crippen LogP contribution >= 0.6 is 0 Å². The lowest BCUT2D eigenvalue weighted by Crippen LogP contribution is -2.31. The zero-order valence-electron chi connectivity index (χ0n) is 10.2. The zero-order chi connectivity index (χ0) is 12.0. The van der Waals surface area contributed by atoms with E-state index in [1.807, 2.05) is 6.92 Å². The summed E-state index contributed by atoms with van der Waals surface area (Å²) in [5.74, 6) is 1.16. The van der Waals surface area contributed by atoms with Crippen molar-refractivity contribution in [2.75, 3.05) is 25.0 Å². The molecule has 0 fully saturated rings. The third-order valence-corrected chi connectivity index (χ3v) is 2.20. The van der Waals surface area contributed by atoms with Crippen molar-refractivity contribution in [2.24, 2.45) is 11.1 Å². The summed E-state index contributed by atoms with van der Waals surface area (Å²) >= 11 is 0. The molecule has 0 amide bonds. The Labute approximate surface area is 96.4 Å². The molecule has 0 aliphatic rings. The SMILES string of the molecule is CCOc1ccnc(NCC(C)(C)CN)n1. The number of aromatic nitrogens is 2. The van der Waals surface area contributed by atoms with E-state index in [4.69, 9.17) is 10.5 Å². The summed E-state index contributed by atoms with van der Waals surface area (Å²) in [6.07, 6.45) is 1.68. The molecule has 1 aromatic rings. The predicted molar refractivity (Wildman–Crippen MR) is 64.5 cm³/mol. The molecule has 0 saturated heterocycles. The standard InChI is InChI=1S/C11H20N4O/c1-4-16-9-5-6-13-10(15-9)14-8-11(2,3)7-12/h5-6H,4,7-8,12H2,1-3H3,(H,13,14,15). The molecule has 0 aliphatic carbocycles. The van der Waals surface area contributed by atoms with E-state index in [1.165, 1.54) is 0 Å². The molecule has 1 heterocycles. The number of nitrogens with two attached hydrogens (primary N) is 1. The third-order valence-electron chi connectivity index (χ3n) is 2.20. The Morgan fingerprint density at radius 1 is 1.50 bits per heavy atom. The average Bonchev–Trinajstić information content (AvgIpc) is 2.28. The molecule has 90 valence electrons. The van der Waals surface area contributed by atoms with E-state index in [9.17, 15) is 0 Å². The lowest BCUT2D eigenvalue weighted by atomic mass is 9.94. The Kier molecular flexibility index (Phi) is 4.49. The first-order chi connectivity index (χ1) is 7.57. The van der Waals surface area contributed by atoms with Gasteiger partial charge in [0.05, 0.1) is 6.61 Å². The van der Waals surface area contributed by atoms with Crippen LogP contribution in [0.15, 0.2) is 12.3 Å². The van der Waals surface area contributed by atoms with Gasteiger partial charge in [-0.15, -0.1) is 0 Å². The maximum Gasteiger partial charge on any atom is 0.225 e. The minimum absolute atomic E-state index is 0.0327. The first-order valence-electron chi connectivity index (χ1n) is 5.47. The molecule has 1 aromatic heterocycles. The van der Waals surface area contributed by atoms with E-state index in [-0.39, 0.29) is 5.41 Å². The summed E-state index contributed by atoms with van der Waals surface area (Å²) in [5.41, 5.74) is 5.68. The summed E-state index contributed by atoms with van der Waals surface area (Å²) < 4.78 is 5.29. The molecule has 16 heavy (non-hydrogen) atoms. The quantitative estimate of drug-likeness (QED) is 0.761. The fourth-order valence-electron chi connectivity index (χ4n) is 1.05. The number of anilines is 1. The second-order valence-electron chi connectivity index (χ2n) is 4.37. The molecule has 0 radical (unpaired) electrons. The molecule has 0 bridgehead atoms. The van der Waals surface area contributed by atoms with Crippen LogP contribution in [0.1, 0.15) is 20.8 Å². The molecule has 0 aliphatic heterocycles. The van der Waals surface area contributed by atoms with Crippen LogP contribution in [-0.4, -0.2) is 29.7 Å². The van der Waals surface area contributed by atoms with Crippen molar-refractivity contribution >= 4 is 5.95 Å². The maximum absolute atomic E-state index is 5.64. The lowest BCUT2D eigenvalue weighted by Gasteiger charge is -2.22. The fraction of sp³-hybridized carbons (Fsp3) is 0.636. The number of nitrogens with one attached hydrogen (secondary N) is 1. The largest absolute Gasteiger partial charge is 0.478 e. The van der Waals surface area contributed by atoms with Crippen molar-refractivity contribution in [2.45, 2.75) is 20.8 Å². The fourth-order valence-corrected chi connectivity index (χ4v) is 1.05. The van der Waals surface area contributed by atoms with Gasteiger partial charge in [0.25, 0.3) is 0 Å². The summed E-state index contributed by atoms with van der Waals surface area (Å²) in [6.45, 7) is 8.06. The molecule has 0 unspecified atom stereocenters. The molecular weight excluding hydrogens is 204 g/mol. The third kappa shape index (κ3) is 4.02. The number of hydrogen-bond donors (Lipinski definition) is 2. The van der Waals surface area contributed by atoms with E-state index < -0.39 is 0 Å². The van der Waals surface area contributed by atoms with Crippen LogP contribution in [-0.2, 0) is 0 Å². The van der Waals surface area contributed by atoms with Crippen LogP contribution in [0.5, 0.6) is 5.88 Å². The Bertz CT molecular complexity index is 328. The van der Waals surface area contributed by atoms with E-state index >= 15 is 0 Å². The first-order valence-corrected chi connectivity index (χ1v) is 5.47. The van der Waals surface area contributed by atoms with Gasteiger partial charge in [0.1, 0.15) is 0 Å². The molecular formula is C11H20N4O. The Balaban J connectivity index is 2.57. The number of rotatable bonds is 6. The predicted octanol–water partition coefficient (Wildman–Crippen LogP) is 1.27. The molecule has 5 heteroatoms. The lowest BCUT2D eigenvalue weighted by molar-refractivity contribution is 0.326. The van der Waals surface area contributed by atoms with Gasteiger partial charge in [0.2, 0.25) is 11.8 Å². The zero-order valence-corrected chi connectivity index (χ0v) is 10.2. The van der Waals surface area contributed by atoms with Crippen LogP contribution in [0.25, 0.3) is 0 Å². The molecule has 0 saturated carbocycles. The monoisotopic (exact) mass is 224 g/mol. The van der Waals surface area contributed by atoms with E-state index in [2.05, 4.69) is 29.1 Å². The normalized spacial score (nSPS) is 11.2. The smallest absolute Gasteiger partial charge is 0.225 e. The first kappa shape index (κ1) is 12.7. The van der Waals surface area contributed by atoms with E-state index in [0.29, 0.717) is 25.0 Å². The van der Waals surface area contributed by atoms with Gasteiger partial charge in [0, 0.05) is 18.8 Å². The van der Waals surface area contributed by atoms with Crippen molar-refractivity contribution in [1.82, 2.24) is 9.97 Å². The van der Waals surface area contributed by atoms with Gasteiger partial charge in [-0.2, -0.15) is 4.98 Å². The number of nitrogens with zero attached hydrogens (tertiary/aromatic N) is 2. The van der Waals surface area contributed by atoms with Crippen LogP contribution in [0.2, 0.25) is 0 Å². The second-order valence-corrected chi connectivity index (χ2v) is 4.37. The Morgan fingerprint density at radius 3 is 2.88 bits per heavy atom. The highest BCUT2D eigenvalue weighted by Gasteiger charge is 2.15. The van der Waals surface area contributed by atoms with Crippen molar-refractivity contribution in [3.63, 3.8) is 0 Å². The highest BCUT2D eigenvalue weighted by Crippen LogP contribution is 2.14. The summed E-state index contributed by atoms with van der Waals surface area (Å²) in [7, 11) is 0. The Morgan fingerprint density at radius 2 is 2.25 bits per heavy atom. The summed E-state index contributed by atoms with van der Waals surface area (Å²) in [6, 6.07) is 1.74. The summed E-state index contributed by atoms with van der Waals surface area (Å²) in [4.78, 5) is 8.33. The number of hydrogen-bond acceptors (Lipinski definition) is 5. The minimum Gasteiger partial charge on any atom is -0.478 e. The topological polar surface area (TPSA) is 73.1 Å². The average molecular weight is 224 g/mol. The van der Waals surface area contributed by atoms with E-state index in [0.717, 1.165) is 6.54 Å². The van der Waals surface area contributed by atoms with Crippen LogP contribution in [0.4, 0.5) is 5.95 Å². The maximum atomic E-state index is 5.64. The molecule has 1 rings (SSSR count). The van der Waals surface area contributed by atoms with Gasteiger partial charge < -0.3 is 15.8 Å². The summed E-state index contributed by atoms with van der Waals surface area (Å²) in [5, 5.41) is 3.15. The van der Waals surface area contributed by atoms with Crippen molar-refractivity contribution in [3.05, 3.63) is 12.3 Å². The molecule has 3 N–H and O–H groups in total.